The summed E-state index contributed by atoms with van der Waals surface area (Å²) >= 11 is 3.55. The smallest absolute Gasteiger partial charge is 0.162 e. The number of rotatable bonds is 5. The van der Waals surface area contributed by atoms with Crippen molar-refractivity contribution in [3.8, 4) is 0 Å². The van der Waals surface area contributed by atoms with Crippen molar-refractivity contribution in [3.05, 3.63) is 35.4 Å². The first kappa shape index (κ1) is 13.6. The largest absolute Gasteiger partial charge is 0.204 e. The van der Waals surface area contributed by atoms with Gasteiger partial charge >= 0.3 is 0 Å². The molecule has 0 bridgehead atoms. The predicted octanol–water partition coefficient (Wildman–Crippen LogP) is 4.71. The Labute approximate surface area is 104 Å². The highest BCUT2D eigenvalue weighted by Crippen LogP contribution is 2.23. The van der Waals surface area contributed by atoms with Gasteiger partial charge in [0.15, 0.2) is 11.6 Å². The van der Waals surface area contributed by atoms with Crippen molar-refractivity contribution in [3.63, 3.8) is 0 Å². The summed E-state index contributed by atoms with van der Waals surface area (Å²) in [6.45, 7) is 4.25. The molecule has 0 heterocycles. The molecule has 0 N–H and O–H groups in total. The van der Waals surface area contributed by atoms with E-state index < -0.39 is 11.6 Å². The van der Waals surface area contributed by atoms with Gasteiger partial charge < -0.3 is 0 Å². The lowest BCUT2D eigenvalue weighted by Crippen LogP contribution is -2.14. The fraction of sp³-hybridized carbons (Fsp3) is 0.538. The second-order valence-corrected chi connectivity index (χ2v) is 5.38. The fourth-order valence-corrected chi connectivity index (χ4v) is 2.37. The molecule has 0 spiro atoms. The van der Waals surface area contributed by atoms with E-state index in [1.165, 1.54) is 0 Å². The van der Waals surface area contributed by atoms with Crippen LogP contribution in [0.2, 0.25) is 0 Å². The van der Waals surface area contributed by atoms with Crippen LogP contribution < -0.4 is 0 Å². The Bertz CT molecular complexity index is 339. The monoisotopic (exact) mass is 290 g/mol. The van der Waals surface area contributed by atoms with Crippen molar-refractivity contribution in [2.75, 3.05) is 0 Å². The third-order valence-corrected chi connectivity index (χ3v) is 4.03. The molecule has 0 saturated carbocycles. The lowest BCUT2D eigenvalue weighted by molar-refractivity contribution is 0.476. The molecule has 1 aromatic rings. The summed E-state index contributed by atoms with van der Waals surface area (Å²) in [5.41, 5.74) is 0.449. The summed E-state index contributed by atoms with van der Waals surface area (Å²) < 4.78 is 26.4. The molecule has 3 heteroatoms. The van der Waals surface area contributed by atoms with Crippen LogP contribution in [0.4, 0.5) is 8.78 Å². The molecule has 0 fully saturated rings. The molecule has 0 amide bonds. The SMILES string of the molecule is CCCC(C)C(Br)Cc1cccc(F)c1F. The van der Waals surface area contributed by atoms with Crippen molar-refractivity contribution >= 4 is 15.9 Å². The average molecular weight is 291 g/mol. The van der Waals surface area contributed by atoms with Crippen molar-refractivity contribution in [2.24, 2.45) is 5.92 Å². The van der Waals surface area contributed by atoms with Crippen LogP contribution in [-0.2, 0) is 6.42 Å². The standard InChI is InChI=1S/C13H17BrF2/c1-3-5-9(2)11(14)8-10-6-4-7-12(15)13(10)16/h4,6-7,9,11H,3,5,8H2,1-2H3. The molecule has 1 rings (SSSR count). The quantitative estimate of drug-likeness (QED) is 0.689. The third kappa shape index (κ3) is 3.55. The van der Waals surface area contributed by atoms with E-state index >= 15 is 0 Å². The second kappa shape index (κ2) is 6.33. The minimum atomic E-state index is -0.764. The lowest BCUT2D eigenvalue weighted by Gasteiger charge is -2.17. The Balaban J connectivity index is 2.69. The highest BCUT2D eigenvalue weighted by Gasteiger charge is 2.17. The van der Waals surface area contributed by atoms with Crippen LogP contribution in [-0.4, -0.2) is 4.83 Å². The van der Waals surface area contributed by atoms with Gasteiger partial charge in [-0.2, -0.15) is 0 Å². The maximum Gasteiger partial charge on any atom is 0.162 e. The average Bonchev–Trinajstić information content (AvgIpc) is 2.25. The van der Waals surface area contributed by atoms with Gasteiger partial charge in [-0.3, -0.25) is 0 Å². The highest BCUT2D eigenvalue weighted by molar-refractivity contribution is 9.09. The van der Waals surface area contributed by atoms with Crippen molar-refractivity contribution < 1.29 is 8.78 Å². The van der Waals surface area contributed by atoms with E-state index in [0.29, 0.717) is 17.9 Å². The predicted molar refractivity (Wildman–Crippen MR) is 66.8 cm³/mol. The normalized spacial score (nSPS) is 14.8. The maximum atomic E-state index is 13.4. The van der Waals surface area contributed by atoms with Gasteiger partial charge in [-0.05, 0) is 30.4 Å². The Morgan fingerprint density at radius 3 is 2.62 bits per heavy atom. The summed E-state index contributed by atoms with van der Waals surface area (Å²) in [5.74, 6) is -1.01. The molecule has 0 radical (unpaired) electrons. The fourth-order valence-electron chi connectivity index (χ4n) is 1.75. The zero-order chi connectivity index (χ0) is 12.1. The first-order chi connectivity index (χ1) is 7.56. The molecule has 0 aliphatic carbocycles. The number of halogens is 3. The molecule has 0 aromatic heterocycles. The van der Waals surface area contributed by atoms with Crippen LogP contribution in [0, 0.1) is 17.6 Å². The zero-order valence-electron chi connectivity index (χ0n) is 9.64. The van der Waals surface area contributed by atoms with E-state index in [1.54, 1.807) is 12.1 Å². The molecular weight excluding hydrogens is 274 g/mol. The number of alkyl halides is 1. The van der Waals surface area contributed by atoms with Gasteiger partial charge in [-0.15, -0.1) is 0 Å². The first-order valence-corrected chi connectivity index (χ1v) is 6.54. The molecule has 1 aromatic carbocycles. The van der Waals surface area contributed by atoms with Crippen LogP contribution >= 0.6 is 15.9 Å². The van der Waals surface area contributed by atoms with Crippen LogP contribution in [0.15, 0.2) is 18.2 Å². The maximum absolute atomic E-state index is 13.4. The van der Waals surface area contributed by atoms with Gasteiger partial charge in [-0.1, -0.05) is 48.3 Å². The van der Waals surface area contributed by atoms with Crippen molar-refractivity contribution in [1.82, 2.24) is 0 Å². The lowest BCUT2D eigenvalue weighted by atomic mass is 9.97. The Morgan fingerprint density at radius 1 is 1.31 bits per heavy atom. The van der Waals surface area contributed by atoms with Crippen molar-refractivity contribution in [2.45, 2.75) is 37.9 Å². The highest BCUT2D eigenvalue weighted by atomic mass is 79.9. The first-order valence-electron chi connectivity index (χ1n) is 5.63. The van der Waals surface area contributed by atoms with E-state index in [1.807, 2.05) is 0 Å². The van der Waals surface area contributed by atoms with Crippen molar-refractivity contribution in [1.29, 1.82) is 0 Å². The summed E-state index contributed by atoms with van der Waals surface area (Å²) in [6.07, 6.45) is 2.73. The van der Waals surface area contributed by atoms with Gasteiger partial charge in [0.05, 0.1) is 0 Å². The van der Waals surface area contributed by atoms with Crippen LogP contribution in [0.25, 0.3) is 0 Å². The molecule has 0 saturated heterocycles. The molecule has 90 valence electrons. The Morgan fingerprint density at radius 2 is 2.00 bits per heavy atom. The number of hydrogen-bond donors (Lipinski definition) is 0. The third-order valence-electron chi connectivity index (χ3n) is 2.81. The van der Waals surface area contributed by atoms with Gasteiger partial charge in [0.2, 0.25) is 0 Å². The molecule has 2 unspecified atom stereocenters. The Kier molecular flexibility index (Phi) is 5.39. The minimum Gasteiger partial charge on any atom is -0.204 e. The van der Waals surface area contributed by atoms with Gasteiger partial charge in [0.25, 0.3) is 0 Å². The summed E-state index contributed by atoms with van der Waals surface area (Å²) in [7, 11) is 0. The molecule has 16 heavy (non-hydrogen) atoms. The molecular formula is C13H17BrF2. The summed E-state index contributed by atoms with van der Waals surface area (Å²) in [5, 5.41) is 0. The topological polar surface area (TPSA) is 0 Å². The van der Waals surface area contributed by atoms with E-state index in [4.69, 9.17) is 0 Å². The van der Waals surface area contributed by atoms with Gasteiger partial charge in [0, 0.05) is 4.83 Å². The number of hydrogen-bond acceptors (Lipinski definition) is 0. The van der Waals surface area contributed by atoms with E-state index in [2.05, 4.69) is 29.8 Å². The molecule has 0 aliphatic rings. The van der Waals surface area contributed by atoms with Crippen LogP contribution in [0.1, 0.15) is 32.3 Å². The van der Waals surface area contributed by atoms with Crippen LogP contribution in [0.3, 0.4) is 0 Å². The van der Waals surface area contributed by atoms with Crippen LogP contribution in [0.5, 0.6) is 0 Å². The van der Waals surface area contributed by atoms with E-state index in [-0.39, 0.29) is 4.83 Å². The second-order valence-electron chi connectivity index (χ2n) is 4.20. The van der Waals surface area contributed by atoms with Gasteiger partial charge in [-0.25, -0.2) is 8.78 Å². The summed E-state index contributed by atoms with van der Waals surface area (Å²) in [4.78, 5) is 0.198. The molecule has 0 nitrogen and oxygen atoms in total. The van der Waals surface area contributed by atoms with E-state index in [0.717, 1.165) is 18.9 Å². The Hall–Kier alpha value is -0.440. The minimum absolute atomic E-state index is 0.198. The molecule has 2 atom stereocenters. The molecule has 0 aliphatic heterocycles. The van der Waals surface area contributed by atoms with Gasteiger partial charge in [0.1, 0.15) is 0 Å². The number of benzene rings is 1. The summed E-state index contributed by atoms with van der Waals surface area (Å²) in [6, 6.07) is 4.35. The zero-order valence-corrected chi connectivity index (χ0v) is 11.2. The van der Waals surface area contributed by atoms with E-state index in [9.17, 15) is 8.78 Å².